The molecule has 0 saturated heterocycles. The molecular formula is C18H26N4O. The molecule has 0 aliphatic heterocycles. The molecule has 0 fully saturated rings. The first-order chi connectivity index (χ1) is 11.2. The number of hydrogen-bond acceptors (Lipinski definition) is 2. The summed E-state index contributed by atoms with van der Waals surface area (Å²) in [6, 6.07) is 8.04. The topological polar surface area (TPSA) is 65.5 Å². The van der Waals surface area contributed by atoms with Crippen LogP contribution >= 0.6 is 0 Å². The minimum Gasteiger partial charge on any atom is -0.357 e. The Labute approximate surface area is 138 Å². The summed E-state index contributed by atoms with van der Waals surface area (Å²) in [7, 11) is 0. The molecule has 0 bridgehead atoms. The lowest BCUT2D eigenvalue weighted by Gasteiger charge is -2.16. The first-order valence-corrected chi connectivity index (χ1v) is 8.30. The van der Waals surface area contributed by atoms with E-state index in [2.05, 4.69) is 40.0 Å². The van der Waals surface area contributed by atoms with E-state index in [4.69, 9.17) is 0 Å². The Balaban J connectivity index is 2.00. The van der Waals surface area contributed by atoms with E-state index in [0.717, 1.165) is 30.9 Å². The third kappa shape index (κ3) is 5.43. The molecule has 0 heterocycles. The largest absolute Gasteiger partial charge is 0.357 e. The summed E-state index contributed by atoms with van der Waals surface area (Å²) in [4.78, 5) is 16.5. The molecule has 2 rings (SSSR count). The number of nitrogens with one attached hydrogen (secondary N) is 3. The number of amides is 1. The van der Waals surface area contributed by atoms with Gasteiger partial charge in [0.25, 0.3) is 5.91 Å². The summed E-state index contributed by atoms with van der Waals surface area (Å²) in [6.45, 7) is 5.97. The number of benzene rings is 1. The van der Waals surface area contributed by atoms with Gasteiger partial charge in [-0.25, -0.2) is 4.99 Å². The van der Waals surface area contributed by atoms with Gasteiger partial charge in [0.05, 0.1) is 6.54 Å². The molecule has 0 radical (unpaired) electrons. The van der Waals surface area contributed by atoms with Crippen LogP contribution in [0.3, 0.4) is 0 Å². The van der Waals surface area contributed by atoms with Gasteiger partial charge in [0.1, 0.15) is 0 Å². The van der Waals surface area contributed by atoms with Crippen LogP contribution in [0.1, 0.15) is 42.6 Å². The summed E-state index contributed by atoms with van der Waals surface area (Å²) in [5, 5.41) is 9.53. The second-order valence-corrected chi connectivity index (χ2v) is 5.54. The van der Waals surface area contributed by atoms with Crippen molar-refractivity contribution < 1.29 is 4.79 Å². The number of guanidine groups is 1. The first-order valence-electron chi connectivity index (χ1n) is 8.30. The number of nitrogens with zero attached hydrogens (tertiary/aromatic N) is 1. The van der Waals surface area contributed by atoms with Gasteiger partial charge in [-0.2, -0.15) is 0 Å². The molecule has 23 heavy (non-hydrogen) atoms. The Hall–Kier alpha value is -2.30. The maximum atomic E-state index is 11.9. The fraction of sp³-hybridized carbons (Fsp3) is 0.444. The summed E-state index contributed by atoms with van der Waals surface area (Å²) in [5.74, 6) is 0.782. The van der Waals surface area contributed by atoms with Crippen molar-refractivity contribution in [3.8, 4) is 0 Å². The monoisotopic (exact) mass is 314 g/mol. The highest BCUT2D eigenvalue weighted by Crippen LogP contribution is 2.10. The van der Waals surface area contributed by atoms with Crippen LogP contribution in [-0.2, 0) is 6.54 Å². The highest BCUT2D eigenvalue weighted by molar-refractivity contribution is 5.94. The minimum absolute atomic E-state index is 0.0413. The summed E-state index contributed by atoms with van der Waals surface area (Å²) >= 11 is 0. The molecule has 0 unspecified atom stereocenters. The first kappa shape index (κ1) is 17.1. The SMILES string of the molecule is CCNC(=O)c1cccc(CN=C(NCC)NC2CC=CC2)c1. The molecule has 5 nitrogen and oxygen atoms in total. The van der Waals surface area contributed by atoms with Crippen molar-refractivity contribution in [3.63, 3.8) is 0 Å². The highest BCUT2D eigenvalue weighted by atomic mass is 16.1. The molecule has 0 saturated carbocycles. The van der Waals surface area contributed by atoms with Gasteiger partial charge in [0, 0.05) is 24.7 Å². The van der Waals surface area contributed by atoms with E-state index in [9.17, 15) is 4.79 Å². The third-order valence-corrected chi connectivity index (χ3v) is 3.64. The fourth-order valence-corrected chi connectivity index (χ4v) is 2.49. The lowest BCUT2D eigenvalue weighted by atomic mass is 10.1. The fourth-order valence-electron chi connectivity index (χ4n) is 2.49. The zero-order chi connectivity index (χ0) is 16.5. The van der Waals surface area contributed by atoms with Crippen LogP contribution in [0, 0.1) is 0 Å². The van der Waals surface area contributed by atoms with Gasteiger partial charge < -0.3 is 16.0 Å². The second kappa shape index (κ2) is 8.98. The quantitative estimate of drug-likeness (QED) is 0.428. The maximum Gasteiger partial charge on any atom is 0.251 e. The lowest BCUT2D eigenvalue weighted by molar-refractivity contribution is 0.0955. The molecule has 0 aromatic heterocycles. The standard InChI is InChI=1S/C18H26N4O/c1-3-19-17(23)15-9-7-8-14(12-15)13-21-18(20-4-2)22-16-10-5-6-11-16/h5-9,12,16H,3-4,10-11,13H2,1-2H3,(H,19,23)(H2,20,21,22). The summed E-state index contributed by atoms with van der Waals surface area (Å²) < 4.78 is 0. The molecule has 0 spiro atoms. The van der Waals surface area contributed by atoms with Crippen molar-refractivity contribution in [1.29, 1.82) is 0 Å². The van der Waals surface area contributed by atoms with E-state index in [1.165, 1.54) is 0 Å². The van der Waals surface area contributed by atoms with Crippen molar-refractivity contribution >= 4 is 11.9 Å². The van der Waals surface area contributed by atoms with Crippen LogP contribution in [-0.4, -0.2) is 31.0 Å². The van der Waals surface area contributed by atoms with Crippen LogP contribution in [0.4, 0.5) is 0 Å². The van der Waals surface area contributed by atoms with Gasteiger partial charge in [-0.1, -0.05) is 24.3 Å². The average Bonchev–Trinajstić information content (AvgIpc) is 3.06. The van der Waals surface area contributed by atoms with Crippen LogP contribution < -0.4 is 16.0 Å². The van der Waals surface area contributed by atoms with Gasteiger partial charge in [-0.3, -0.25) is 4.79 Å². The van der Waals surface area contributed by atoms with Gasteiger partial charge in [0.2, 0.25) is 0 Å². The predicted octanol–water partition coefficient (Wildman–Crippen LogP) is 2.21. The lowest BCUT2D eigenvalue weighted by Crippen LogP contribution is -2.42. The smallest absolute Gasteiger partial charge is 0.251 e. The average molecular weight is 314 g/mol. The summed E-state index contributed by atoms with van der Waals surface area (Å²) in [5.41, 5.74) is 1.70. The van der Waals surface area contributed by atoms with Gasteiger partial charge in [0.15, 0.2) is 5.96 Å². The Morgan fingerprint density at radius 1 is 1.17 bits per heavy atom. The van der Waals surface area contributed by atoms with Crippen molar-refractivity contribution in [1.82, 2.24) is 16.0 Å². The van der Waals surface area contributed by atoms with Crippen molar-refractivity contribution in [2.24, 2.45) is 4.99 Å². The molecule has 1 aliphatic rings. The molecule has 1 aliphatic carbocycles. The zero-order valence-corrected chi connectivity index (χ0v) is 13.9. The van der Waals surface area contributed by atoms with Crippen LogP contribution in [0.25, 0.3) is 0 Å². The normalized spacial score (nSPS) is 14.8. The minimum atomic E-state index is -0.0413. The zero-order valence-electron chi connectivity index (χ0n) is 13.9. The van der Waals surface area contributed by atoms with E-state index in [-0.39, 0.29) is 5.91 Å². The Kier molecular flexibility index (Phi) is 6.66. The van der Waals surface area contributed by atoms with E-state index in [1.807, 2.05) is 31.2 Å². The molecule has 3 N–H and O–H groups in total. The number of carbonyl (C=O) groups excluding carboxylic acids is 1. The predicted molar refractivity (Wildman–Crippen MR) is 94.6 cm³/mol. The highest BCUT2D eigenvalue weighted by Gasteiger charge is 2.11. The molecule has 1 amide bonds. The molecule has 5 heteroatoms. The molecule has 124 valence electrons. The van der Waals surface area contributed by atoms with Crippen LogP contribution in [0.2, 0.25) is 0 Å². The molecular weight excluding hydrogens is 288 g/mol. The van der Waals surface area contributed by atoms with E-state index >= 15 is 0 Å². The van der Waals surface area contributed by atoms with Crippen LogP contribution in [0.15, 0.2) is 41.4 Å². The van der Waals surface area contributed by atoms with Gasteiger partial charge >= 0.3 is 0 Å². The van der Waals surface area contributed by atoms with Gasteiger partial charge in [-0.05, 0) is 44.4 Å². The second-order valence-electron chi connectivity index (χ2n) is 5.54. The van der Waals surface area contributed by atoms with E-state index < -0.39 is 0 Å². The van der Waals surface area contributed by atoms with Crippen molar-refractivity contribution in [3.05, 3.63) is 47.5 Å². The molecule has 1 aromatic rings. The number of rotatable bonds is 6. The van der Waals surface area contributed by atoms with E-state index in [0.29, 0.717) is 24.7 Å². The van der Waals surface area contributed by atoms with Gasteiger partial charge in [-0.15, -0.1) is 0 Å². The van der Waals surface area contributed by atoms with Crippen molar-refractivity contribution in [2.45, 2.75) is 39.3 Å². The molecule has 1 aromatic carbocycles. The van der Waals surface area contributed by atoms with Crippen molar-refractivity contribution in [2.75, 3.05) is 13.1 Å². The maximum absolute atomic E-state index is 11.9. The summed E-state index contributed by atoms with van der Waals surface area (Å²) in [6.07, 6.45) is 6.46. The molecule has 0 atom stereocenters. The Morgan fingerprint density at radius 2 is 1.91 bits per heavy atom. The van der Waals surface area contributed by atoms with E-state index in [1.54, 1.807) is 0 Å². The number of aliphatic imine (C=N–C) groups is 1. The Bertz CT molecular complexity index is 572. The number of carbonyl (C=O) groups is 1. The van der Waals surface area contributed by atoms with Crippen LogP contribution in [0.5, 0.6) is 0 Å². The third-order valence-electron chi connectivity index (χ3n) is 3.64. The number of hydrogen-bond donors (Lipinski definition) is 3. The Morgan fingerprint density at radius 3 is 2.61 bits per heavy atom.